The van der Waals surface area contributed by atoms with Gasteiger partial charge in [-0.3, -0.25) is 14.9 Å². The lowest BCUT2D eigenvalue weighted by molar-refractivity contribution is -0.402. The van der Waals surface area contributed by atoms with Crippen LogP contribution in [0.15, 0.2) is 45.9 Å². The van der Waals surface area contributed by atoms with Gasteiger partial charge in [-0.1, -0.05) is 0 Å². The summed E-state index contributed by atoms with van der Waals surface area (Å²) >= 11 is 0. The maximum absolute atomic E-state index is 12.1. The molecule has 0 spiro atoms. The van der Waals surface area contributed by atoms with Crippen LogP contribution in [0.3, 0.4) is 0 Å². The fourth-order valence-corrected chi connectivity index (χ4v) is 3.13. The molecule has 3 rings (SSSR count). The number of nitro groups is 1. The van der Waals surface area contributed by atoms with Crippen LogP contribution in [0, 0.1) is 10.1 Å². The van der Waals surface area contributed by atoms with Crippen LogP contribution in [0.5, 0.6) is 5.75 Å². The highest BCUT2D eigenvalue weighted by atomic mass is 16.6. The van der Waals surface area contributed by atoms with E-state index in [1.54, 1.807) is 24.3 Å². The molecule has 1 aromatic carbocycles. The van der Waals surface area contributed by atoms with Gasteiger partial charge < -0.3 is 19.0 Å². The van der Waals surface area contributed by atoms with Gasteiger partial charge >= 0.3 is 5.88 Å². The molecule has 0 unspecified atom stereocenters. The normalized spacial score (nSPS) is 15.3. The van der Waals surface area contributed by atoms with Crippen molar-refractivity contribution in [1.82, 2.24) is 15.2 Å². The molecule has 10 heteroatoms. The van der Waals surface area contributed by atoms with E-state index in [4.69, 9.17) is 9.15 Å². The highest BCUT2D eigenvalue weighted by molar-refractivity contribution is 5.94. The van der Waals surface area contributed by atoms with Crippen molar-refractivity contribution in [2.45, 2.75) is 12.8 Å². The summed E-state index contributed by atoms with van der Waals surface area (Å²) in [6.07, 6.45) is 3.28. The number of amides is 1. The van der Waals surface area contributed by atoms with Gasteiger partial charge in [0.1, 0.15) is 10.7 Å². The van der Waals surface area contributed by atoms with E-state index in [1.807, 2.05) is 0 Å². The van der Waals surface area contributed by atoms with Crippen molar-refractivity contribution in [3.05, 3.63) is 57.8 Å². The highest BCUT2D eigenvalue weighted by Gasteiger charge is 2.13. The van der Waals surface area contributed by atoms with Crippen molar-refractivity contribution < 1.29 is 18.9 Å². The highest BCUT2D eigenvalue weighted by Crippen LogP contribution is 2.14. The molecule has 2 aromatic rings. The summed E-state index contributed by atoms with van der Waals surface area (Å²) < 4.78 is 10.7. The van der Waals surface area contributed by atoms with Crippen LogP contribution in [0.25, 0.3) is 0 Å². The SMILES string of the molecule is CN1CCN(CCCCOc2ccc(C(=O)N/N=C/c3ccc([N+](=O)[O-])o3)cc2)CC1. The Hall–Kier alpha value is -3.24. The number of carbonyl (C=O) groups excluding carboxylic acids is 1. The maximum atomic E-state index is 12.1. The molecule has 1 amide bonds. The molecule has 0 atom stereocenters. The summed E-state index contributed by atoms with van der Waals surface area (Å²) in [4.78, 5) is 26.9. The molecule has 0 aliphatic carbocycles. The van der Waals surface area contributed by atoms with Gasteiger partial charge in [0.15, 0.2) is 5.76 Å². The van der Waals surface area contributed by atoms with Gasteiger partial charge in [-0.15, -0.1) is 0 Å². The summed E-state index contributed by atoms with van der Waals surface area (Å²) in [5.41, 5.74) is 2.77. The zero-order valence-corrected chi connectivity index (χ0v) is 17.5. The van der Waals surface area contributed by atoms with E-state index in [1.165, 1.54) is 18.3 Å². The second-order valence-electron chi connectivity index (χ2n) is 7.36. The maximum Gasteiger partial charge on any atom is 0.433 e. The first-order chi connectivity index (χ1) is 15.0. The number of nitrogens with one attached hydrogen (secondary N) is 1. The molecule has 1 aromatic heterocycles. The van der Waals surface area contributed by atoms with Crippen molar-refractivity contribution >= 4 is 18.0 Å². The number of furan rings is 1. The number of ether oxygens (including phenoxy) is 1. The van der Waals surface area contributed by atoms with E-state index in [0.717, 1.165) is 45.6 Å². The predicted octanol–water partition coefficient (Wildman–Crippen LogP) is 2.36. The summed E-state index contributed by atoms with van der Waals surface area (Å²) in [5.74, 6) is 0.0876. The number of benzene rings is 1. The average molecular weight is 429 g/mol. The monoisotopic (exact) mass is 429 g/mol. The van der Waals surface area contributed by atoms with E-state index in [2.05, 4.69) is 27.4 Å². The fraction of sp³-hybridized carbons (Fsp3) is 0.429. The fourth-order valence-electron chi connectivity index (χ4n) is 3.13. The number of piperazine rings is 1. The molecular weight excluding hydrogens is 402 g/mol. The quantitative estimate of drug-likeness (QED) is 0.267. The Morgan fingerprint density at radius 1 is 1.19 bits per heavy atom. The number of rotatable bonds is 10. The molecular formula is C21H27N5O5. The first-order valence-corrected chi connectivity index (χ1v) is 10.2. The Morgan fingerprint density at radius 2 is 1.94 bits per heavy atom. The predicted molar refractivity (Wildman–Crippen MR) is 116 cm³/mol. The molecule has 1 aliphatic heterocycles. The third kappa shape index (κ3) is 7.19. The molecule has 0 radical (unpaired) electrons. The van der Waals surface area contributed by atoms with Crippen molar-refractivity contribution in [1.29, 1.82) is 0 Å². The van der Waals surface area contributed by atoms with E-state index < -0.39 is 10.8 Å². The zero-order chi connectivity index (χ0) is 22.1. The topological polar surface area (TPSA) is 113 Å². The lowest BCUT2D eigenvalue weighted by atomic mass is 10.2. The van der Waals surface area contributed by atoms with Crippen molar-refractivity contribution in [3.63, 3.8) is 0 Å². The van der Waals surface area contributed by atoms with Gasteiger partial charge in [-0.2, -0.15) is 5.10 Å². The standard InChI is InChI=1S/C21H27N5O5/c1-24-11-13-25(14-12-24)10-2-3-15-30-18-6-4-17(5-7-18)21(27)23-22-16-19-8-9-20(31-19)26(28)29/h4-9,16H,2-3,10-15H2,1H3,(H,23,27)/b22-16+. The third-order valence-electron chi connectivity index (χ3n) is 5.00. The number of hydrogen-bond donors (Lipinski definition) is 1. The molecule has 166 valence electrons. The Kier molecular flexibility index (Phi) is 8.13. The number of likely N-dealkylation sites (N-methyl/N-ethyl adjacent to an activating group) is 1. The zero-order valence-electron chi connectivity index (χ0n) is 17.5. The summed E-state index contributed by atoms with van der Waals surface area (Å²) in [6, 6.07) is 9.41. The molecule has 1 aliphatic rings. The van der Waals surface area contributed by atoms with Gasteiger partial charge in [0.25, 0.3) is 5.91 Å². The van der Waals surface area contributed by atoms with Crippen LogP contribution in [0.1, 0.15) is 29.0 Å². The largest absolute Gasteiger partial charge is 0.494 e. The number of hydrazone groups is 1. The van der Waals surface area contributed by atoms with Gasteiger partial charge in [0.2, 0.25) is 0 Å². The first-order valence-electron chi connectivity index (χ1n) is 10.2. The minimum atomic E-state index is -0.646. The molecule has 2 heterocycles. The molecule has 31 heavy (non-hydrogen) atoms. The smallest absolute Gasteiger partial charge is 0.433 e. The van der Waals surface area contributed by atoms with Crippen LogP contribution >= 0.6 is 0 Å². The van der Waals surface area contributed by atoms with E-state index in [9.17, 15) is 14.9 Å². The lowest BCUT2D eigenvalue weighted by Gasteiger charge is -2.32. The minimum Gasteiger partial charge on any atom is -0.494 e. The summed E-state index contributed by atoms with van der Waals surface area (Å²) in [7, 11) is 2.16. The van der Waals surface area contributed by atoms with Crippen molar-refractivity contribution in [2.24, 2.45) is 5.10 Å². The van der Waals surface area contributed by atoms with E-state index in [-0.39, 0.29) is 11.6 Å². The van der Waals surface area contributed by atoms with Crippen LogP contribution in [-0.4, -0.2) is 73.2 Å². The second kappa shape index (κ2) is 11.2. The first kappa shape index (κ1) is 22.4. The molecule has 1 fully saturated rings. The van der Waals surface area contributed by atoms with E-state index in [0.29, 0.717) is 17.9 Å². The van der Waals surface area contributed by atoms with Crippen LogP contribution in [0.4, 0.5) is 5.88 Å². The van der Waals surface area contributed by atoms with E-state index >= 15 is 0 Å². The minimum absolute atomic E-state index is 0.170. The van der Waals surface area contributed by atoms with Gasteiger partial charge in [-0.05, 0) is 56.8 Å². The van der Waals surface area contributed by atoms with Gasteiger partial charge in [-0.25, -0.2) is 5.43 Å². The Morgan fingerprint density at radius 3 is 2.61 bits per heavy atom. The van der Waals surface area contributed by atoms with Crippen LogP contribution < -0.4 is 10.2 Å². The Bertz CT molecular complexity index is 888. The average Bonchev–Trinajstić information content (AvgIpc) is 3.24. The molecule has 10 nitrogen and oxygen atoms in total. The van der Waals surface area contributed by atoms with Gasteiger partial charge in [0.05, 0.1) is 18.9 Å². The van der Waals surface area contributed by atoms with Crippen molar-refractivity contribution in [2.75, 3.05) is 46.4 Å². The molecule has 1 N–H and O–H groups in total. The lowest BCUT2D eigenvalue weighted by Crippen LogP contribution is -2.44. The summed E-state index contributed by atoms with van der Waals surface area (Å²) in [5, 5.41) is 14.3. The number of nitrogens with zero attached hydrogens (tertiary/aromatic N) is 4. The van der Waals surface area contributed by atoms with Crippen LogP contribution in [0.2, 0.25) is 0 Å². The summed E-state index contributed by atoms with van der Waals surface area (Å²) in [6.45, 7) is 6.26. The third-order valence-corrected chi connectivity index (χ3v) is 5.00. The molecule has 1 saturated heterocycles. The number of hydrogen-bond acceptors (Lipinski definition) is 8. The molecule has 0 bridgehead atoms. The second-order valence-corrected chi connectivity index (χ2v) is 7.36. The van der Waals surface area contributed by atoms with Gasteiger partial charge in [0, 0.05) is 31.7 Å². The Labute approximate surface area is 180 Å². The van der Waals surface area contributed by atoms with Crippen LogP contribution in [-0.2, 0) is 0 Å². The number of carbonyl (C=O) groups is 1. The van der Waals surface area contributed by atoms with Crippen molar-refractivity contribution in [3.8, 4) is 5.75 Å². The Balaban J connectivity index is 1.34. The number of unbranched alkanes of at least 4 members (excludes halogenated alkanes) is 1. The molecule has 0 saturated carbocycles.